The zero-order valence-corrected chi connectivity index (χ0v) is 48.6. The number of anilines is 9. The molecule has 3 heteroatoms. The van der Waals surface area contributed by atoms with E-state index in [4.69, 9.17) is 0 Å². The van der Waals surface area contributed by atoms with Crippen molar-refractivity contribution in [1.29, 1.82) is 0 Å². The van der Waals surface area contributed by atoms with Crippen LogP contribution in [0.1, 0.15) is 122 Å². The van der Waals surface area contributed by atoms with Crippen LogP contribution in [-0.4, -0.2) is 0 Å². The number of para-hydroxylation sites is 3. The summed E-state index contributed by atoms with van der Waals surface area (Å²) in [6.07, 6.45) is 0. The highest BCUT2D eigenvalue weighted by atomic mass is 15.2. The second-order valence-corrected chi connectivity index (χ2v) is 22.3. The summed E-state index contributed by atoms with van der Waals surface area (Å²) in [6.45, 7) is 41.4. The Labute approximate surface area is 455 Å². The van der Waals surface area contributed by atoms with E-state index in [1.54, 1.807) is 0 Å². The topological polar surface area (TPSA) is 9.72 Å². The third kappa shape index (κ3) is 7.83. The molecule has 0 atom stereocenters. The van der Waals surface area contributed by atoms with Crippen LogP contribution >= 0.6 is 0 Å². The lowest BCUT2D eigenvalue weighted by atomic mass is 9.62. The summed E-state index contributed by atoms with van der Waals surface area (Å²) in [5.74, 6) is 0. The minimum absolute atomic E-state index is 0.795. The first kappa shape index (κ1) is 51.8. The predicted octanol–water partition coefficient (Wildman–Crippen LogP) is 20.3. The summed E-state index contributed by atoms with van der Waals surface area (Å²) >= 11 is 0. The van der Waals surface area contributed by atoms with E-state index < -0.39 is 5.41 Å². The first-order valence-corrected chi connectivity index (χ1v) is 27.4. The molecule has 0 fully saturated rings. The highest BCUT2D eigenvalue weighted by Gasteiger charge is 2.47. The maximum atomic E-state index is 2.60. The molecular formula is C73H77N3. The van der Waals surface area contributed by atoms with E-state index in [2.05, 4.69) is 279 Å². The Morgan fingerprint density at radius 3 is 1.00 bits per heavy atom. The fourth-order valence-corrected chi connectivity index (χ4v) is 12.9. The first-order chi connectivity index (χ1) is 36.2. The van der Waals surface area contributed by atoms with E-state index in [1.807, 2.05) is 0 Å². The summed E-state index contributed by atoms with van der Waals surface area (Å²) in [5.41, 5.74) is 38.5. The third-order valence-corrected chi connectivity index (χ3v) is 18.9. The molecule has 0 saturated carbocycles. The zero-order valence-electron chi connectivity index (χ0n) is 48.6. The van der Waals surface area contributed by atoms with Gasteiger partial charge in [-0.15, -0.1) is 0 Å². The van der Waals surface area contributed by atoms with Gasteiger partial charge in [0.05, 0.1) is 28.2 Å². The molecular weight excluding hydrogens is 919 g/mol. The standard InChI is InChI=1S/C73H77N3/c1-42-38-69(54(13)46(5)44(42)3)75(71-56(15)50(9)48(7)51(10)57(71)16)63-32-26-28-60(40-63)73(65-34-22-24-36-67(65)74(62-30-20-19-21-31-62)68-37-25-23-35-66(68)73)61-29-27-33-64(41-61)76(70-39-43(2)45(4)47(6)55(70)14)72-58(17)52(11)49(8)53(12)59(72)18/h19-41H,1-18H3. The molecule has 10 rings (SSSR count). The molecule has 0 aliphatic carbocycles. The van der Waals surface area contributed by atoms with Crippen molar-refractivity contribution in [1.82, 2.24) is 0 Å². The summed E-state index contributed by atoms with van der Waals surface area (Å²) < 4.78 is 0. The van der Waals surface area contributed by atoms with E-state index >= 15 is 0 Å². The van der Waals surface area contributed by atoms with Gasteiger partial charge in [-0.25, -0.2) is 0 Å². The van der Waals surface area contributed by atoms with Crippen LogP contribution in [-0.2, 0) is 5.41 Å². The van der Waals surface area contributed by atoms with E-state index in [0.29, 0.717) is 0 Å². The molecule has 1 aliphatic rings. The SMILES string of the molecule is Cc1cc(N(c2cccc(C3(c4cccc(N(c5cc(C)c(C)c(C)c5C)c5c(C)c(C)c(C)c(C)c5C)c4)c4ccccc4N(c4ccccc4)c4ccccc43)c2)c2c(C)c(C)c(C)c(C)c2C)c(C)c(C)c1C. The highest BCUT2D eigenvalue weighted by molar-refractivity contribution is 5.92. The monoisotopic (exact) mass is 996 g/mol. The number of fused-ring (bicyclic) bond motifs is 2. The van der Waals surface area contributed by atoms with Crippen molar-refractivity contribution in [2.45, 2.75) is 130 Å². The minimum Gasteiger partial charge on any atom is -0.310 e. The van der Waals surface area contributed by atoms with E-state index in [0.717, 1.165) is 28.4 Å². The maximum absolute atomic E-state index is 2.60. The Balaban J connectivity index is 1.35. The van der Waals surface area contributed by atoms with Gasteiger partial charge < -0.3 is 14.7 Å². The molecule has 384 valence electrons. The van der Waals surface area contributed by atoms with Crippen LogP contribution in [0.5, 0.6) is 0 Å². The number of aryl methyl sites for hydroxylation is 2. The van der Waals surface area contributed by atoms with Gasteiger partial charge in [0.15, 0.2) is 0 Å². The van der Waals surface area contributed by atoms with Crippen LogP contribution in [0.15, 0.2) is 140 Å². The molecule has 0 radical (unpaired) electrons. The molecule has 0 unspecified atom stereocenters. The normalized spacial score (nSPS) is 12.7. The molecule has 0 spiro atoms. The van der Waals surface area contributed by atoms with Gasteiger partial charge in [0.1, 0.15) is 0 Å². The van der Waals surface area contributed by atoms with Crippen LogP contribution in [0.2, 0.25) is 0 Å². The lowest BCUT2D eigenvalue weighted by molar-refractivity contribution is 0.731. The van der Waals surface area contributed by atoms with Crippen LogP contribution in [0.25, 0.3) is 0 Å². The Morgan fingerprint density at radius 2 is 0.618 bits per heavy atom. The summed E-state index contributed by atoms with van der Waals surface area (Å²) in [4.78, 5) is 7.68. The van der Waals surface area contributed by atoms with Crippen LogP contribution in [0.3, 0.4) is 0 Å². The predicted molar refractivity (Wildman–Crippen MR) is 328 cm³/mol. The Morgan fingerprint density at radius 1 is 0.289 bits per heavy atom. The summed E-state index contributed by atoms with van der Waals surface area (Å²) in [7, 11) is 0. The number of hydrogen-bond acceptors (Lipinski definition) is 3. The third-order valence-electron chi connectivity index (χ3n) is 18.9. The largest absolute Gasteiger partial charge is 0.310 e. The van der Waals surface area contributed by atoms with Gasteiger partial charge in [-0.3, -0.25) is 0 Å². The second kappa shape index (κ2) is 19.5. The van der Waals surface area contributed by atoms with Gasteiger partial charge in [-0.05, 0) is 308 Å². The van der Waals surface area contributed by atoms with Gasteiger partial charge in [0.2, 0.25) is 0 Å². The molecule has 76 heavy (non-hydrogen) atoms. The Bertz CT molecular complexity index is 3520. The summed E-state index contributed by atoms with van der Waals surface area (Å²) in [6, 6.07) is 53.3. The van der Waals surface area contributed by atoms with Crippen molar-refractivity contribution in [2.24, 2.45) is 0 Å². The molecule has 1 heterocycles. The molecule has 1 aliphatic heterocycles. The fraction of sp³-hybridized carbons (Fsp3) is 0.260. The molecule has 0 saturated heterocycles. The molecule has 3 nitrogen and oxygen atoms in total. The molecule has 0 aromatic heterocycles. The number of hydrogen-bond donors (Lipinski definition) is 0. The second-order valence-electron chi connectivity index (χ2n) is 22.3. The number of nitrogens with zero attached hydrogens (tertiary/aromatic N) is 3. The zero-order chi connectivity index (χ0) is 54.4. The van der Waals surface area contributed by atoms with Gasteiger partial charge in [-0.1, -0.05) is 78.9 Å². The average molecular weight is 996 g/mol. The van der Waals surface area contributed by atoms with Crippen LogP contribution in [0.4, 0.5) is 51.2 Å². The van der Waals surface area contributed by atoms with Crippen molar-refractivity contribution in [3.8, 4) is 0 Å². The lowest BCUT2D eigenvalue weighted by Crippen LogP contribution is -2.38. The van der Waals surface area contributed by atoms with Crippen molar-refractivity contribution >= 4 is 51.2 Å². The van der Waals surface area contributed by atoms with Gasteiger partial charge in [0, 0.05) is 28.4 Å². The van der Waals surface area contributed by atoms with Crippen molar-refractivity contribution in [3.63, 3.8) is 0 Å². The van der Waals surface area contributed by atoms with Crippen molar-refractivity contribution in [3.05, 3.63) is 262 Å². The van der Waals surface area contributed by atoms with E-state index in [-0.39, 0.29) is 0 Å². The fourth-order valence-electron chi connectivity index (χ4n) is 12.9. The number of rotatable bonds is 9. The smallest absolute Gasteiger partial charge is 0.0743 e. The highest BCUT2D eigenvalue weighted by Crippen LogP contribution is 2.59. The van der Waals surface area contributed by atoms with Crippen LogP contribution < -0.4 is 14.7 Å². The van der Waals surface area contributed by atoms with Crippen molar-refractivity contribution < 1.29 is 0 Å². The lowest BCUT2D eigenvalue weighted by Gasteiger charge is -2.47. The van der Waals surface area contributed by atoms with E-state index in [9.17, 15) is 0 Å². The van der Waals surface area contributed by atoms with Gasteiger partial charge in [-0.2, -0.15) is 0 Å². The average Bonchev–Trinajstić information content (AvgIpc) is 3.44. The van der Waals surface area contributed by atoms with E-state index in [1.165, 1.54) is 145 Å². The first-order valence-electron chi connectivity index (χ1n) is 27.4. The van der Waals surface area contributed by atoms with Crippen molar-refractivity contribution in [2.75, 3.05) is 14.7 Å². The van der Waals surface area contributed by atoms with Gasteiger partial charge in [0.25, 0.3) is 0 Å². The molecule has 9 aromatic rings. The summed E-state index contributed by atoms with van der Waals surface area (Å²) in [5, 5.41) is 0. The molecule has 0 amide bonds. The Hall–Kier alpha value is -7.62. The molecule has 9 aromatic carbocycles. The van der Waals surface area contributed by atoms with Gasteiger partial charge >= 0.3 is 0 Å². The molecule has 0 bridgehead atoms. The molecule has 0 N–H and O–H groups in total. The minimum atomic E-state index is -0.795. The Kier molecular flexibility index (Phi) is 13.3. The van der Waals surface area contributed by atoms with Crippen LogP contribution in [0, 0.1) is 125 Å². The maximum Gasteiger partial charge on any atom is 0.0743 e. The quantitative estimate of drug-likeness (QED) is 0.143. The number of benzene rings is 9.